The fourth-order valence-corrected chi connectivity index (χ4v) is 3.58. The minimum atomic E-state index is -3.81. The average molecular weight is 397 g/mol. The molecule has 0 unspecified atom stereocenters. The van der Waals surface area contributed by atoms with Gasteiger partial charge in [-0.15, -0.1) is 11.8 Å². The Labute approximate surface area is 158 Å². The van der Waals surface area contributed by atoms with Gasteiger partial charge < -0.3 is 15.2 Å². The van der Waals surface area contributed by atoms with Gasteiger partial charge in [0, 0.05) is 23.5 Å². The molecule has 0 heterocycles. The van der Waals surface area contributed by atoms with Gasteiger partial charge >= 0.3 is 0 Å². The van der Waals surface area contributed by atoms with E-state index in [4.69, 9.17) is 9.88 Å². The molecule has 2 aromatic carbocycles. The van der Waals surface area contributed by atoms with E-state index in [1.54, 1.807) is 24.8 Å². The first-order chi connectivity index (χ1) is 12.2. The summed E-state index contributed by atoms with van der Waals surface area (Å²) in [6.45, 7) is 4.39. The highest BCUT2D eigenvalue weighted by Gasteiger charge is 2.13. The molecule has 0 aliphatic rings. The molecule has 0 aromatic heterocycles. The SMILES string of the molecule is CSc1ccc(Oc2ccc(S(N)(=O)=O)cc2CNC[C@@H](C)O)cc1C. The molecule has 0 amide bonds. The maximum absolute atomic E-state index is 11.6. The summed E-state index contributed by atoms with van der Waals surface area (Å²) in [5, 5.41) is 17.7. The van der Waals surface area contributed by atoms with E-state index in [9.17, 15) is 13.5 Å². The van der Waals surface area contributed by atoms with Crippen LogP contribution in [0.2, 0.25) is 0 Å². The fraction of sp³-hybridized carbons (Fsp3) is 0.333. The Hall–Kier alpha value is -1.58. The Bertz CT molecular complexity index is 867. The topological polar surface area (TPSA) is 102 Å². The van der Waals surface area contributed by atoms with E-state index >= 15 is 0 Å². The first-order valence-corrected chi connectivity index (χ1v) is 10.8. The molecule has 4 N–H and O–H groups in total. The molecule has 2 aromatic rings. The smallest absolute Gasteiger partial charge is 0.238 e. The third kappa shape index (κ3) is 5.72. The lowest BCUT2D eigenvalue weighted by Crippen LogP contribution is -2.24. The molecule has 0 radical (unpaired) electrons. The summed E-state index contributed by atoms with van der Waals surface area (Å²) >= 11 is 1.66. The summed E-state index contributed by atoms with van der Waals surface area (Å²) in [5.41, 5.74) is 1.74. The number of nitrogens with two attached hydrogens (primary N) is 1. The van der Waals surface area contributed by atoms with Crippen molar-refractivity contribution in [2.45, 2.75) is 36.3 Å². The Morgan fingerprint density at radius 3 is 2.58 bits per heavy atom. The van der Waals surface area contributed by atoms with Crippen LogP contribution < -0.4 is 15.2 Å². The predicted octanol–water partition coefficient (Wildman–Crippen LogP) is 2.63. The molecule has 8 heteroatoms. The molecule has 0 spiro atoms. The van der Waals surface area contributed by atoms with Crippen LogP contribution in [-0.4, -0.2) is 32.4 Å². The van der Waals surface area contributed by atoms with E-state index in [0.717, 1.165) is 5.56 Å². The zero-order valence-electron chi connectivity index (χ0n) is 15.0. The lowest BCUT2D eigenvalue weighted by atomic mass is 10.2. The second-order valence-corrected chi connectivity index (χ2v) is 8.44. The summed E-state index contributed by atoms with van der Waals surface area (Å²) in [6.07, 6.45) is 1.50. The first-order valence-electron chi connectivity index (χ1n) is 8.07. The maximum Gasteiger partial charge on any atom is 0.238 e. The molecule has 6 nitrogen and oxygen atoms in total. The predicted molar refractivity (Wildman–Crippen MR) is 104 cm³/mol. The van der Waals surface area contributed by atoms with Crippen molar-refractivity contribution >= 4 is 21.8 Å². The number of sulfonamides is 1. The minimum absolute atomic E-state index is 0.0209. The van der Waals surface area contributed by atoms with Gasteiger partial charge in [0.25, 0.3) is 0 Å². The maximum atomic E-state index is 11.6. The van der Waals surface area contributed by atoms with Gasteiger partial charge in [-0.3, -0.25) is 0 Å². The highest BCUT2D eigenvalue weighted by atomic mass is 32.2. The quantitative estimate of drug-likeness (QED) is 0.593. The van der Waals surface area contributed by atoms with Crippen LogP contribution in [0.15, 0.2) is 46.2 Å². The number of rotatable bonds is 8. The van der Waals surface area contributed by atoms with Gasteiger partial charge in [0.1, 0.15) is 11.5 Å². The number of benzene rings is 2. The van der Waals surface area contributed by atoms with Gasteiger partial charge in [-0.05, 0) is 62.1 Å². The van der Waals surface area contributed by atoms with Crippen LogP contribution in [0.1, 0.15) is 18.1 Å². The fourth-order valence-electron chi connectivity index (χ4n) is 2.43. The highest BCUT2D eigenvalue weighted by Crippen LogP contribution is 2.30. The van der Waals surface area contributed by atoms with Crippen molar-refractivity contribution in [3.05, 3.63) is 47.5 Å². The molecule has 0 saturated heterocycles. The monoisotopic (exact) mass is 396 g/mol. The third-order valence-corrected chi connectivity index (χ3v) is 5.52. The summed E-state index contributed by atoms with van der Waals surface area (Å²) in [7, 11) is -3.81. The van der Waals surface area contributed by atoms with Crippen molar-refractivity contribution < 1.29 is 18.3 Å². The number of thioether (sulfide) groups is 1. The van der Waals surface area contributed by atoms with Crippen molar-refractivity contribution in [2.24, 2.45) is 5.14 Å². The van der Waals surface area contributed by atoms with Gasteiger partial charge in [-0.2, -0.15) is 0 Å². The van der Waals surface area contributed by atoms with E-state index in [1.807, 2.05) is 31.4 Å². The minimum Gasteiger partial charge on any atom is -0.457 e. The number of hydrogen-bond donors (Lipinski definition) is 3. The van der Waals surface area contributed by atoms with Crippen LogP contribution in [0.4, 0.5) is 0 Å². The molecule has 0 fully saturated rings. The zero-order valence-corrected chi connectivity index (χ0v) is 16.7. The van der Waals surface area contributed by atoms with Crippen molar-refractivity contribution in [1.82, 2.24) is 5.32 Å². The van der Waals surface area contributed by atoms with Crippen LogP contribution in [-0.2, 0) is 16.6 Å². The average Bonchev–Trinajstić information content (AvgIpc) is 2.55. The second kappa shape index (κ2) is 8.88. The van der Waals surface area contributed by atoms with E-state index in [1.165, 1.54) is 17.0 Å². The van der Waals surface area contributed by atoms with Crippen LogP contribution >= 0.6 is 11.8 Å². The number of aliphatic hydroxyl groups excluding tert-OH is 1. The van der Waals surface area contributed by atoms with Gasteiger partial charge in [-0.1, -0.05) is 0 Å². The molecular formula is C18H24N2O4S2. The first kappa shape index (κ1) is 20.7. The summed E-state index contributed by atoms with van der Waals surface area (Å²) in [5.74, 6) is 1.20. The summed E-state index contributed by atoms with van der Waals surface area (Å²) in [4.78, 5) is 1.19. The Kier molecular flexibility index (Phi) is 7.08. The van der Waals surface area contributed by atoms with E-state index in [2.05, 4.69) is 5.32 Å². The number of hydrogen-bond acceptors (Lipinski definition) is 6. The van der Waals surface area contributed by atoms with Crippen molar-refractivity contribution in [1.29, 1.82) is 0 Å². The van der Waals surface area contributed by atoms with Crippen LogP contribution in [0.3, 0.4) is 0 Å². The standard InChI is InChI=1S/C18H24N2O4S2/c1-12-8-15(4-7-18(12)25-3)24-17-6-5-16(26(19,22)23)9-14(17)11-20-10-13(2)21/h4-9,13,20-21H,10-11H2,1-3H3,(H2,19,22,23)/t13-/m1/s1. The Morgan fingerprint density at radius 2 is 2.00 bits per heavy atom. The molecule has 1 atom stereocenters. The molecule has 142 valence electrons. The van der Waals surface area contributed by atoms with E-state index < -0.39 is 16.1 Å². The van der Waals surface area contributed by atoms with Crippen LogP contribution in [0.25, 0.3) is 0 Å². The Balaban J connectivity index is 2.31. The van der Waals surface area contributed by atoms with Crippen molar-refractivity contribution in [2.75, 3.05) is 12.8 Å². The van der Waals surface area contributed by atoms with E-state index in [0.29, 0.717) is 30.2 Å². The molecule has 0 aliphatic heterocycles. The Morgan fingerprint density at radius 1 is 1.27 bits per heavy atom. The molecule has 26 heavy (non-hydrogen) atoms. The highest BCUT2D eigenvalue weighted by molar-refractivity contribution is 7.98. The number of aryl methyl sites for hydroxylation is 1. The van der Waals surface area contributed by atoms with Crippen LogP contribution in [0, 0.1) is 6.92 Å². The zero-order chi connectivity index (χ0) is 19.3. The van der Waals surface area contributed by atoms with Gasteiger partial charge in [0.15, 0.2) is 0 Å². The number of ether oxygens (including phenoxy) is 1. The summed E-state index contributed by atoms with van der Waals surface area (Å²) in [6, 6.07) is 10.3. The summed E-state index contributed by atoms with van der Waals surface area (Å²) < 4.78 is 29.2. The molecule has 0 aliphatic carbocycles. The van der Waals surface area contributed by atoms with Crippen molar-refractivity contribution in [3.8, 4) is 11.5 Å². The van der Waals surface area contributed by atoms with Crippen molar-refractivity contribution in [3.63, 3.8) is 0 Å². The molecule has 0 saturated carbocycles. The number of aliphatic hydroxyl groups is 1. The van der Waals surface area contributed by atoms with Gasteiger partial charge in [-0.25, -0.2) is 13.6 Å². The second-order valence-electron chi connectivity index (χ2n) is 6.03. The largest absolute Gasteiger partial charge is 0.457 e. The normalized spacial score (nSPS) is 12.8. The van der Waals surface area contributed by atoms with Gasteiger partial charge in [0.2, 0.25) is 10.0 Å². The number of nitrogens with one attached hydrogen (secondary N) is 1. The lowest BCUT2D eigenvalue weighted by Gasteiger charge is -2.15. The molecular weight excluding hydrogens is 372 g/mol. The van der Waals surface area contributed by atoms with E-state index in [-0.39, 0.29) is 4.90 Å². The third-order valence-electron chi connectivity index (χ3n) is 3.71. The molecule has 2 rings (SSSR count). The molecule has 0 bridgehead atoms. The van der Waals surface area contributed by atoms with Gasteiger partial charge in [0.05, 0.1) is 11.0 Å². The number of primary sulfonamides is 1. The van der Waals surface area contributed by atoms with Crippen LogP contribution in [0.5, 0.6) is 11.5 Å². The lowest BCUT2D eigenvalue weighted by molar-refractivity contribution is 0.191.